The maximum Gasteiger partial charge on any atom is 0.0665 e. The van der Waals surface area contributed by atoms with Crippen LogP contribution in [0.25, 0.3) is 0 Å². The summed E-state index contributed by atoms with van der Waals surface area (Å²) in [7, 11) is 0. The van der Waals surface area contributed by atoms with E-state index >= 15 is 0 Å². The van der Waals surface area contributed by atoms with E-state index in [1.807, 2.05) is 25.1 Å². The van der Waals surface area contributed by atoms with Crippen molar-refractivity contribution < 1.29 is 4.74 Å². The van der Waals surface area contributed by atoms with Crippen LogP contribution in [-0.4, -0.2) is 18.8 Å². The number of para-hydroxylation sites is 1. The van der Waals surface area contributed by atoms with Crippen LogP contribution in [0.1, 0.15) is 32.8 Å². The van der Waals surface area contributed by atoms with E-state index in [2.05, 4.69) is 26.1 Å². The molecule has 1 aliphatic carbocycles. The first-order chi connectivity index (χ1) is 8.46. The lowest BCUT2D eigenvalue weighted by molar-refractivity contribution is -0.0975. The first-order valence-electron chi connectivity index (χ1n) is 6.70. The number of nitrogen functional groups attached to an aromatic ring is 1. The number of hydrogen-bond donors (Lipinski definition) is 2. The molecule has 0 amide bonds. The predicted molar refractivity (Wildman–Crippen MR) is 76.8 cm³/mol. The van der Waals surface area contributed by atoms with Gasteiger partial charge in [0.1, 0.15) is 0 Å². The Balaban J connectivity index is 2.06. The summed E-state index contributed by atoms with van der Waals surface area (Å²) in [6.07, 6.45) is 1.40. The summed E-state index contributed by atoms with van der Waals surface area (Å²) >= 11 is 0. The first kappa shape index (κ1) is 13.2. The molecular formula is C15H24N2O. The van der Waals surface area contributed by atoms with Crippen molar-refractivity contribution in [3.8, 4) is 0 Å². The molecule has 0 aliphatic heterocycles. The molecule has 18 heavy (non-hydrogen) atoms. The molecule has 3 N–H and O–H groups in total. The number of nitrogens with one attached hydrogen (secondary N) is 1. The highest BCUT2D eigenvalue weighted by atomic mass is 16.5. The molecular weight excluding hydrogens is 224 g/mol. The number of ether oxygens (including phenoxy) is 1. The smallest absolute Gasteiger partial charge is 0.0665 e. The van der Waals surface area contributed by atoms with Crippen molar-refractivity contribution in [1.82, 2.24) is 0 Å². The number of nitrogens with two attached hydrogens (primary N) is 1. The monoisotopic (exact) mass is 248 g/mol. The molecule has 1 fully saturated rings. The van der Waals surface area contributed by atoms with Gasteiger partial charge >= 0.3 is 0 Å². The van der Waals surface area contributed by atoms with Gasteiger partial charge in [-0.15, -0.1) is 0 Å². The Hall–Kier alpha value is -1.22. The third-order valence-corrected chi connectivity index (χ3v) is 4.20. The minimum atomic E-state index is 0.159. The number of benzene rings is 1. The average Bonchev–Trinajstić information content (AvgIpc) is 2.33. The lowest BCUT2D eigenvalue weighted by Crippen LogP contribution is -2.58. The van der Waals surface area contributed by atoms with Gasteiger partial charge in [0.15, 0.2) is 0 Å². The van der Waals surface area contributed by atoms with E-state index in [1.165, 1.54) is 0 Å². The summed E-state index contributed by atoms with van der Waals surface area (Å²) in [4.78, 5) is 0. The molecule has 0 radical (unpaired) electrons. The normalized spacial score (nSPS) is 25.6. The highest BCUT2D eigenvalue weighted by Gasteiger charge is 2.48. The van der Waals surface area contributed by atoms with Gasteiger partial charge in [-0.05, 0) is 31.9 Å². The van der Waals surface area contributed by atoms with E-state index in [1.54, 1.807) is 0 Å². The third kappa shape index (κ3) is 2.19. The van der Waals surface area contributed by atoms with Crippen molar-refractivity contribution in [2.45, 2.75) is 46.3 Å². The zero-order chi connectivity index (χ0) is 13.3. The Morgan fingerprint density at radius 2 is 2.17 bits per heavy atom. The maximum atomic E-state index is 6.10. The molecule has 100 valence electrons. The Kier molecular flexibility index (Phi) is 3.53. The molecule has 1 aromatic rings. The van der Waals surface area contributed by atoms with Gasteiger partial charge in [0.2, 0.25) is 0 Å². The zero-order valence-electron chi connectivity index (χ0n) is 11.8. The minimum absolute atomic E-state index is 0.159. The second kappa shape index (κ2) is 4.81. The topological polar surface area (TPSA) is 47.3 Å². The summed E-state index contributed by atoms with van der Waals surface area (Å²) in [6.45, 7) is 9.37. The van der Waals surface area contributed by atoms with Gasteiger partial charge in [-0.2, -0.15) is 0 Å². The van der Waals surface area contributed by atoms with Crippen molar-refractivity contribution in [2.24, 2.45) is 5.41 Å². The Morgan fingerprint density at radius 1 is 1.44 bits per heavy atom. The largest absolute Gasteiger partial charge is 0.397 e. The fourth-order valence-electron chi connectivity index (χ4n) is 2.61. The molecule has 0 aromatic heterocycles. The summed E-state index contributed by atoms with van der Waals surface area (Å²) in [5, 5.41) is 3.56. The Bertz CT molecular complexity index is 429. The second-order valence-corrected chi connectivity index (χ2v) is 5.73. The summed E-state index contributed by atoms with van der Waals surface area (Å²) in [6, 6.07) is 6.56. The lowest BCUT2D eigenvalue weighted by atomic mass is 9.64. The van der Waals surface area contributed by atoms with Crippen LogP contribution in [0.15, 0.2) is 18.2 Å². The van der Waals surface area contributed by atoms with Crippen molar-refractivity contribution in [1.29, 1.82) is 0 Å². The van der Waals surface area contributed by atoms with Crippen LogP contribution in [0.3, 0.4) is 0 Å². The summed E-state index contributed by atoms with van der Waals surface area (Å²) in [5.41, 5.74) is 9.28. The Labute approximate surface area is 110 Å². The van der Waals surface area contributed by atoms with Crippen LogP contribution >= 0.6 is 0 Å². The average molecular weight is 248 g/mol. The van der Waals surface area contributed by atoms with E-state index in [-0.39, 0.29) is 5.41 Å². The van der Waals surface area contributed by atoms with Gasteiger partial charge in [-0.25, -0.2) is 0 Å². The lowest BCUT2D eigenvalue weighted by Gasteiger charge is -2.52. The molecule has 2 unspecified atom stereocenters. The number of aryl methyl sites for hydroxylation is 1. The van der Waals surface area contributed by atoms with Gasteiger partial charge in [0.25, 0.3) is 0 Å². The molecule has 2 rings (SSSR count). The molecule has 1 saturated carbocycles. The Morgan fingerprint density at radius 3 is 2.78 bits per heavy atom. The molecule has 0 heterocycles. The molecule has 3 nitrogen and oxygen atoms in total. The van der Waals surface area contributed by atoms with E-state index < -0.39 is 0 Å². The molecule has 0 spiro atoms. The standard InChI is InChI=1S/C15H24N2O/c1-5-18-13-9-12(15(13,3)4)17-11-8-6-7-10(2)14(11)16/h6-8,12-13,17H,5,9,16H2,1-4H3. The van der Waals surface area contributed by atoms with Crippen LogP contribution in [0.5, 0.6) is 0 Å². The second-order valence-electron chi connectivity index (χ2n) is 5.73. The van der Waals surface area contributed by atoms with Crippen LogP contribution in [0.2, 0.25) is 0 Å². The third-order valence-electron chi connectivity index (χ3n) is 4.20. The zero-order valence-corrected chi connectivity index (χ0v) is 11.8. The van der Waals surface area contributed by atoms with E-state index in [9.17, 15) is 0 Å². The van der Waals surface area contributed by atoms with Gasteiger partial charge < -0.3 is 15.8 Å². The fourth-order valence-corrected chi connectivity index (χ4v) is 2.61. The van der Waals surface area contributed by atoms with E-state index in [4.69, 9.17) is 10.5 Å². The molecule has 1 aliphatic rings. The quantitative estimate of drug-likeness (QED) is 0.804. The number of anilines is 2. The molecule has 3 heteroatoms. The molecule has 0 saturated heterocycles. The van der Waals surface area contributed by atoms with Crippen molar-refractivity contribution in [3.63, 3.8) is 0 Å². The van der Waals surface area contributed by atoms with Crippen LogP contribution < -0.4 is 11.1 Å². The van der Waals surface area contributed by atoms with Crippen LogP contribution in [-0.2, 0) is 4.74 Å². The van der Waals surface area contributed by atoms with E-state index in [0.29, 0.717) is 12.1 Å². The molecule has 2 atom stereocenters. The molecule has 0 bridgehead atoms. The predicted octanol–water partition coefficient (Wildman–Crippen LogP) is 3.19. The highest BCUT2D eigenvalue weighted by Crippen LogP contribution is 2.44. The van der Waals surface area contributed by atoms with Crippen molar-refractivity contribution >= 4 is 11.4 Å². The van der Waals surface area contributed by atoms with Crippen LogP contribution in [0, 0.1) is 12.3 Å². The fraction of sp³-hybridized carbons (Fsp3) is 0.600. The summed E-state index contributed by atoms with van der Waals surface area (Å²) in [5.74, 6) is 0. The first-order valence-corrected chi connectivity index (χ1v) is 6.70. The van der Waals surface area contributed by atoms with Crippen LogP contribution in [0.4, 0.5) is 11.4 Å². The van der Waals surface area contributed by atoms with Gasteiger partial charge in [-0.3, -0.25) is 0 Å². The molecule has 1 aromatic carbocycles. The van der Waals surface area contributed by atoms with Crippen molar-refractivity contribution in [2.75, 3.05) is 17.7 Å². The van der Waals surface area contributed by atoms with Gasteiger partial charge in [0, 0.05) is 18.1 Å². The van der Waals surface area contributed by atoms with Gasteiger partial charge in [0.05, 0.1) is 17.5 Å². The maximum absolute atomic E-state index is 6.10. The highest BCUT2D eigenvalue weighted by molar-refractivity contribution is 5.70. The van der Waals surface area contributed by atoms with Crippen molar-refractivity contribution in [3.05, 3.63) is 23.8 Å². The van der Waals surface area contributed by atoms with Gasteiger partial charge in [-0.1, -0.05) is 26.0 Å². The number of rotatable bonds is 4. The SMILES string of the molecule is CCOC1CC(Nc2cccc(C)c2N)C1(C)C. The minimum Gasteiger partial charge on any atom is -0.397 e. The van der Waals surface area contributed by atoms with E-state index in [0.717, 1.165) is 30.0 Å². The summed E-state index contributed by atoms with van der Waals surface area (Å²) < 4.78 is 5.74. The number of hydrogen-bond acceptors (Lipinski definition) is 3.